The van der Waals surface area contributed by atoms with Gasteiger partial charge in [-0.15, -0.1) is 12.4 Å². The molecule has 2 nitrogen and oxygen atoms in total. The summed E-state index contributed by atoms with van der Waals surface area (Å²) in [5, 5.41) is 0. The van der Waals surface area contributed by atoms with E-state index in [9.17, 15) is 4.79 Å². The summed E-state index contributed by atoms with van der Waals surface area (Å²) < 4.78 is 0. The van der Waals surface area contributed by atoms with Gasteiger partial charge in [0.2, 0.25) is 0 Å². The van der Waals surface area contributed by atoms with Crippen LogP contribution in [0.1, 0.15) is 15.9 Å². The third-order valence-electron chi connectivity index (χ3n) is 2.06. The summed E-state index contributed by atoms with van der Waals surface area (Å²) in [4.78, 5) is 11.3. The molecule has 1 aromatic carbocycles. The van der Waals surface area contributed by atoms with E-state index in [1.54, 1.807) is 0 Å². The molecule has 0 saturated carbocycles. The first-order valence-corrected chi connectivity index (χ1v) is 3.67. The van der Waals surface area contributed by atoms with Crippen molar-refractivity contribution in [1.29, 1.82) is 0 Å². The largest absolute Gasteiger partial charge is 0.321 e. The highest BCUT2D eigenvalue weighted by Crippen LogP contribution is 2.19. The Bertz CT molecular complexity index is 311. The van der Waals surface area contributed by atoms with Crippen molar-refractivity contribution in [3.8, 4) is 0 Å². The van der Waals surface area contributed by atoms with Gasteiger partial charge in [-0.3, -0.25) is 4.79 Å². The van der Waals surface area contributed by atoms with Crippen molar-refractivity contribution < 1.29 is 4.79 Å². The zero-order chi connectivity index (χ0) is 7.84. The van der Waals surface area contributed by atoms with Gasteiger partial charge in [-0.1, -0.05) is 24.3 Å². The molecule has 1 aliphatic carbocycles. The normalized spacial score (nSPS) is 20.1. The first-order chi connectivity index (χ1) is 5.29. The Balaban J connectivity index is 0.000000720. The summed E-state index contributed by atoms with van der Waals surface area (Å²) in [6.07, 6.45) is 0.703. The van der Waals surface area contributed by atoms with Gasteiger partial charge in [0.1, 0.15) is 0 Å². The number of hydrogen-bond donors (Lipinski definition) is 1. The van der Waals surface area contributed by atoms with Crippen molar-refractivity contribution in [2.75, 3.05) is 0 Å². The lowest BCUT2D eigenvalue weighted by Crippen LogP contribution is -2.26. The van der Waals surface area contributed by atoms with E-state index < -0.39 is 0 Å². The third kappa shape index (κ3) is 1.24. The maximum atomic E-state index is 11.3. The van der Waals surface area contributed by atoms with Crippen LogP contribution in [0.25, 0.3) is 0 Å². The molecule has 3 heteroatoms. The highest BCUT2D eigenvalue weighted by Gasteiger charge is 2.26. The van der Waals surface area contributed by atoms with Gasteiger partial charge in [0.25, 0.3) is 0 Å². The molecule has 1 atom stereocenters. The number of rotatable bonds is 0. The van der Waals surface area contributed by atoms with Crippen molar-refractivity contribution >= 4 is 18.2 Å². The van der Waals surface area contributed by atoms with Gasteiger partial charge in [-0.05, 0) is 12.0 Å². The predicted octanol–water partition coefficient (Wildman–Crippen LogP) is 1.17. The van der Waals surface area contributed by atoms with Gasteiger partial charge in [-0.25, -0.2) is 0 Å². The topological polar surface area (TPSA) is 43.1 Å². The fraction of sp³-hybridized carbons (Fsp3) is 0.222. The van der Waals surface area contributed by atoms with Crippen LogP contribution in [0, 0.1) is 0 Å². The summed E-state index contributed by atoms with van der Waals surface area (Å²) in [6.45, 7) is 0. The van der Waals surface area contributed by atoms with E-state index >= 15 is 0 Å². The molecule has 1 aromatic rings. The lowest BCUT2D eigenvalue weighted by Gasteiger charge is -1.94. The minimum atomic E-state index is -0.299. The number of ketones is 1. The number of benzene rings is 1. The molecule has 2 N–H and O–H groups in total. The number of fused-ring (bicyclic) bond motifs is 1. The number of halogens is 1. The molecule has 0 saturated heterocycles. The SMILES string of the molecule is Cl.N[C@@H]1Cc2ccccc2C1=O. The van der Waals surface area contributed by atoms with Crippen molar-refractivity contribution in [2.24, 2.45) is 5.73 Å². The fourth-order valence-corrected chi connectivity index (χ4v) is 1.47. The number of Topliss-reactive ketones (excluding diaryl/α,β-unsaturated/α-hetero) is 1. The molecule has 0 radical (unpaired) electrons. The molecule has 1 aliphatic rings. The lowest BCUT2D eigenvalue weighted by molar-refractivity contribution is 0.0974. The van der Waals surface area contributed by atoms with Crippen molar-refractivity contribution in [3.63, 3.8) is 0 Å². The van der Waals surface area contributed by atoms with E-state index in [4.69, 9.17) is 5.73 Å². The standard InChI is InChI=1S/C9H9NO.ClH/c10-8-5-6-3-1-2-4-7(6)9(8)11;/h1-4,8H,5,10H2;1H/t8-;/m1./s1. The van der Waals surface area contributed by atoms with E-state index in [1.165, 1.54) is 0 Å². The zero-order valence-corrected chi connectivity index (χ0v) is 7.30. The fourth-order valence-electron chi connectivity index (χ4n) is 1.47. The van der Waals surface area contributed by atoms with Crippen LogP contribution in [-0.2, 0) is 6.42 Å². The van der Waals surface area contributed by atoms with Gasteiger partial charge < -0.3 is 5.73 Å². The molecule has 2 rings (SSSR count). The van der Waals surface area contributed by atoms with Crippen molar-refractivity contribution in [2.45, 2.75) is 12.5 Å². The quantitative estimate of drug-likeness (QED) is 0.656. The van der Waals surface area contributed by atoms with Crippen LogP contribution in [0.5, 0.6) is 0 Å². The smallest absolute Gasteiger partial charge is 0.180 e. The predicted molar refractivity (Wildman–Crippen MR) is 49.7 cm³/mol. The Morgan fingerprint density at radius 1 is 1.33 bits per heavy atom. The Morgan fingerprint density at radius 3 is 2.67 bits per heavy atom. The molecular formula is C9H10ClNO. The molecule has 0 aliphatic heterocycles. The van der Waals surface area contributed by atoms with Gasteiger partial charge >= 0.3 is 0 Å². The average Bonchev–Trinajstić information content (AvgIpc) is 2.30. The monoisotopic (exact) mass is 183 g/mol. The summed E-state index contributed by atoms with van der Waals surface area (Å²) in [6, 6.07) is 7.30. The van der Waals surface area contributed by atoms with Crippen LogP contribution < -0.4 is 5.73 Å². The van der Waals surface area contributed by atoms with E-state index in [1.807, 2.05) is 24.3 Å². The van der Waals surface area contributed by atoms with Crippen LogP contribution >= 0.6 is 12.4 Å². The van der Waals surface area contributed by atoms with Crippen LogP contribution in [0.4, 0.5) is 0 Å². The van der Waals surface area contributed by atoms with E-state index in [-0.39, 0.29) is 24.2 Å². The Morgan fingerprint density at radius 2 is 2.00 bits per heavy atom. The van der Waals surface area contributed by atoms with E-state index in [0.717, 1.165) is 11.1 Å². The van der Waals surface area contributed by atoms with Crippen LogP contribution in [0.2, 0.25) is 0 Å². The second kappa shape index (κ2) is 3.25. The Hall–Kier alpha value is -0.860. The van der Waals surface area contributed by atoms with Crippen LogP contribution in [0.3, 0.4) is 0 Å². The third-order valence-corrected chi connectivity index (χ3v) is 2.06. The number of hydrogen-bond acceptors (Lipinski definition) is 2. The number of carbonyl (C=O) groups excluding carboxylic acids is 1. The molecule has 12 heavy (non-hydrogen) atoms. The molecular weight excluding hydrogens is 174 g/mol. The van der Waals surface area contributed by atoms with Gasteiger partial charge in [0, 0.05) is 5.56 Å². The van der Waals surface area contributed by atoms with E-state index in [2.05, 4.69) is 0 Å². The molecule has 0 aromatic heterocycles. The minimum Gasteiger partial charge on any atom is -0.321 e. The van der Waals surface area contributed by atoms with E-state index in [0.29, 0.717) is 6.42 Å². The lowest BCUT2D eigenvalue weighted by atomic mass is 10.1. The molecule has 64 valence electrons. The number of nitrogens with two attached hydrogens (primary N) is 1. The average molecular weight is 184 g/mol. The van der Waals surface area contributed by atoms with Gasteiger partial charge in [0.05, 0.1) is 6.04 Å². The summed E-state index contributed by atoms with van der Waals surface area (Å²) in [5.74, 6) is 0.0839. The molecule has 0 heterocycles. The highest BCUT2D eigenvalue weighted by molar-refractivity contribution is 6.04. The van der Waals surface area contributed by atoms with Gasteiger partial charge in [-0.2, -0.15) is 0 Å². The first-order valence-electron chi connectivity index (χ1n) is 3.67. The minimum absolute atomic E-state index is 0. The highest BCUT2D eigenvalue weighted by atomic mass is 35.5. The molecule has 0 unspecified atom stereocenters. The molecule has 0 spiro atoms. The summed E-state index contributed by atoms with van der Waals surface area (Å²) >= 11 is 0. The molecule has 0 fully saturated rings. The molecule has 0 amide bonds. The van der Waals surface area contributed by atoms with Crippen LogP contribution in [-0.4, -0.2) is 11.8 Å². The maximum absolute atomic E-state index is 11.3. The Labute approximate surface area is 77.2 Å². The first kappa shape index (κ1) is 9.23. The second-order valence-corrected chi connectivity index (χ2v) is 2.83. The maximum Gasteiger partial charge on any atom is 0.180 e. The zero-order valence-electron chi connectivity index (χ0n) is 6.49. The molecule has 0 bridgehead atoms. The Kier molecular flexibility index (Phi) is 2.50. The second-order valence-electron chi connectivity index (χ2n) is 2.83. The summed E-state index contributed by atoms with van der Waals surface area (Å²) in [7, 11) is 0. The van der Waals surface area contributed by atoms with Crippen molar-refractivity contribution in [3.05, 3.63) is 35.4 Å². The van der Waals surface area contributed by atoms with Gasteiger partial charge in [0.15, 0.2) is 5.78 Å². The van der Waals surface area contributed by atoms with Crippen molar-refractivity contribution in [1.82, 2.24) is 0 Å². The van der Waals surface area contributed by atoms with Crippen LogP contribution in [0.15, 0.2) is 24.3 Å². The number of carbonyl (C=O) groups is 1. The summed E-state index contributed by atoms with van der Waals surface area (Å²) in [5.41, 5.74) is 7.47.